The molecule has 1 unspecified atom stereocenters. The van der Waals surface area contributed by atoms with Crippen LogP contribution in [0.4, 0.5) is 0 Å². The number of rotatable bonds is 5. The topological polar surface area (TPSA) is 72.9 Å². The molecule has 1 atom stereocenters. The maximum Gasteiger partial charge on any atom is 0.226 e. The van der Waals surface area contributed by atoms with Crippen molar-refractivity contribution in [3.8, 4) is 0 Å². The van der Waals surface area contributed by atoms with E-state index in [9.17, 15) is 0 Å². The van der Waals surface area contributed by atoms with Crippen LogP contribution in [0, 0.1) is 0 Å². The second kappa shape index (κ2) is 5.48. The van der Waals surface area contributed by atoms with Crippen LogP contribution >= 0.6 is 0 Å². The molecule has 7 nitrogen and oxygen atoms in total. The van der Waals surface area contributed by atoms with E-state index in [2.05, 4.69) is 25.1 Å². The van der Waals surface area contributed by atoms with Crippen LogP contribution in [0.1, 0.15) is 31.5 Å². The standard InChI is InChI=1S/C12H18N6O/c1-2-12-15-11(16-19-12)7-17-5-3-4-10(17)6-18-9-13-8-14-18/h8-10H,2-7H2,1H3. The quantitative estimate of drug-likeness (QED) is 0.796. The van der Waals surface area contributed by atoms with Crippen molar-refractivity contribution in [2.24, 2.45) is 0 Å². The zero-order chi connectivity index (χ0) is 13.1. The zero-order valence-corrected chi connectivity index (χ0v) is 11.1. The highest BCUT2D eigenvalue weighted by Crippen LogP contribution is 2.20. The average molecular weight is 262 g/mol. The van der Waals surface area contributed by atoms with Crippen molar-refractivity contribution in [1.82, 2.24) is 29.8 Å². The van der Waals surface area contributed by atoms with Gasteiger partial charge in [0.15, 0.2) is 5.82 Å². The number of aromatic nitrogens is 5. The Morgan fingerprint density at radius 1 is 1.47 bits per heavy atom. The summed E-state index contributed by atoms with van der Waals surface area (Å²) < 4.78 is 7.04. The van der Waals surface area contributed by atoms with Crippen molar-refractivity contribution in [3.63, 3.8) is 0 Å². The van der Waals surface area contributed by atoms with Crippen LogP contribution < -0.4 is 0 Å². The summed E-state index contributed by atoms with van der Waals surface area (Å²) >= 11 is 0. The third-order valence-corrected chi connectivity index (χ3v) is 3.52. The molecule has 0 amide bonds. The Hall–Kier alpha value is -1.76. The van der Waals surface area contributed by atoms with Crippen LogP contribution in [0.5, 0.6) is 0 Å². The third kappa shape index (κ3) is 2.81. The van der Waals surface area contributed by atoms with Crippen molar-refractivity contribution < 1.29 is 4.52 Å². The van der Waals surface area contributed by atoms with E-state index in [0.717, 1.165) is 31.9 Å². The molecule has 19 heavy (non-hydrogen) atoms. The molecule has 0 bridgehead atoms. The molecular weight excluding hydrogens is 244 g/mol. The molecule has 0 saturated carbocycles. The summed E-state index contributed by atoms with van der Waals surface area (Å²) in [6.45, 7) is 4.72. The zero-order valence-electron chi connectivity index (χ0n) is 11.1. The van der Waals surface area contributed by atoms with E-state index in [0.29, 0.717) is 11.9 Å². The van der Waals surface area contributed by atoms with Crippen molar-refractivity contribution >= 4 is 0 Å². The Morgan fingerprint density at radius 3 is 3.16 bits per heavy atom. The van der Waals surface area contributed by atoms with Gasteiger partial charge in [-0.15, -0.1) is 0 Å². The van der Waals surface area contributed by atoms with Crippen LogP contribution in [-0.2, 0) is 19.5 Å². The lowest BCUT2D eigenvalue weighted by atomic mass is 10.2. The summed E-state index contributed by atoms with van der Waals surface area (Å²) in [5, 5.41) is 8.19. The maximum atomic E-state index is 5.15. The molecule has 3 heterocycles. The van der Waals surface area contributed by atoms with E-state index < -0.39 is 0 Å². The fourth-order valence-electron chi connectivity index (χ4n) is 2.53. The van der Waals surface area contributed by atoms with Gasteiger partial charge in [-0.05, 0) is 19.4 Å². The summed E-state index contributed by atoms with van der Waals surface area (Å²) in [7, 11) is 0. The summed E-state index contributed by atoms with van der Waals surface area (Å²) in [6, 6.07) is 0.477. The van der Waals surface area contributed by atoms with Gasteiger partial charge in [0.1, 0.15) is 12.7 Å². The number of nitrogens with zero attached hydrogens (tertiary/aromatic N) is 6. The lowest BCUT2D eigenvalue weighted by molar-refractivity contribution is 0.211. The summed E-state index contributed by atoms with van der Waals surface area (Å²) in [5.41, 5.74) is 0. The Balaban J connectivity index is 1.62. The molecule has 0 aromatic carbocycles. The van der Waals surface area contributed by atoms with Gasteiger partial charge in [-0.25, -0.2) is 4.98 Å². The molecule has 1 aliphatic rings. The van der Waals surface area contributed by atoms with Gasteiger partial charge < -0.3 is 4.52 Å². The second-order valence-corrected chi connectivity index (χ2v) is 4.84. The number of hydrogen-bond donors (Lipinski definition) is 0. The first-order valence-electron chi connectivity index (χ1n) is 6.73. The summed E-state index contributed by atoms with van der Waals surface area (Å²) in [4.78, 5) is 10.7. The Bertz CT molecular complexity index is 508. The Morgan fingerprint density at radius 2 is 2.42 bits per heavy atom. The highest BCUT2D eigenvalue weighted by Gasteiger charge is 2.26. The first kappa shape index (κ1) is 12.3. The largest absolute Gasteiger partial charge is 0.339 e. The fraction of sp³-hybridized carbons (Fsp3) is 0.667. The van der Waals surface area contributed by atoms with Crippen molar-refractivity contribution in [3.05, 3.63) is 24.4 Å². The van der Waals surface area contributed by atoms with E-state index in [-0.39, 0.29) is 0 Å². The molecule has 0 spiro atoms. The van der Waals surface area contributed by atoms with Gasteiger partial charge in [0.2, 0.25) is 5.89 Å². The first-order valence-corrected chi connectivity index (χ1v) is 6.73. The molecule has 3 rings (SSSR count). The average Bonchev–Trinajstić information content (AvgIpc) is 3.14. The normalized spacial score (nSPS) is 20.2. The molecule has 102 valence electrons. The summed E-state index contributed by atoms with van der Waals surface area (Å²) in [6.07, 6.45) is 6.51. The van der Waals surface area contributed by atoms with Crippen LogP contribution in [0.3, 0.4) is 0 Å². The number of aryl methyl sites for hydroxylation is 1. The molecule has 0 N–H and O–H groups in total. The minimum Gasteiger partial charge on any atom is -0.339 e. The minimum atomic E-state index is 0.477. The van der Waals surface area contributed by atoms with E-state index in [1.54, 1.807) is 12.7 Å². The fourth-order valence-corrected chi connectivity index (χ4v) is 2.53. The molecule has 2 aromatic rings. The van der Waals surface area contributed by atoms with Gasteiger partial charge in [-0.1, -0.05) is 12.1 Å². The van der Waals surface area contributed by atoms with Crippen LogP contribution in [0.15, 0.2) is 17.2 Å². The van der Waals surface area contributed by atoms with Crippen molar-refractivity contribution in [1.29, 1.82) is 0 Å². The van der Waals surface area contributed by atoms with E-state index >= 15 is 0 Å². The minimum absolute atomic E-state index is 0.477. The Labute approximate surface area is 111 Å². The van der Waals surface area contributed by atoms with Gasteiger partial charge in [0, 0.05) is 12.5 Å². The number of likely N-dealkylation sites (tertiary alicyclic amines) is 1. The van der Waals surface area contributed by atoms with Gasteiger partial charge in [-0.3, -0.25) is 9.58 Å². The smallest absolute Gasteiger partial charge is 0.226 e. The molecule has 1 fully saturated rings. The number of hydrogen-bond acceptors (Lipinski definition) is 6. The van der Waals surface area contributed by atoms with Crippen molar-refractivity contribution in [2.75, 3.05) is 6.54 Å². The van der Waals surface area contributed by atoms with E-state index in [1.165, 1.54) is 12.8 Å². The summed E-state index contributed by atoms with van der Waals surface area (Å²) in [5.74, 6) is 1.49. The van der Waals surface area contributed by atoms with Gasteiger partial charge in [-0.2, -0.15) is 10.1 Å². The van der Waals surface area contributed by atoms with Gasteiger partial charge >= 0.3 is 0 Å². The molecular formula is C12H18N6O. The maximum absolute atomic E-state index is 5.15. The third-order valence-electron chi connectivity index (χ3n) is 3.52. The van der Waals surface area contributed by atoms with E-state index in [1.807, 2.05) is 11.6 Å². The van der Waals surface area contributed by atoms with Gasteiger partial charge in [0.25, 0.3) is 0 Å². The lowest BCUT2D eigenvalue weighted by Gasteiger charge is -2.22. The molecule has 7 heteroatoms. The van der Waals surface area contributed by atoms with Gasteiger partial charge in [0.05, 0.1) is 13.1 Å². The predicted octanol–water partition coefficient (Wildman–Crippen LogP) is 0.888. The molecule has 0 aliphatic carbocycles. The highest BCUT2D eigenvalue weighted by atomic mass is 16.5. The first-order chi connectivity index (χ1) is 9.35. The molecule has 0 radical (unpaired) electrons. The Kier molecular flexibility index (Phi) is 3.54. The van der Waals surface area contributed by atoms with Crippen LogP contribution in [0.2, 0.25) is 0 Å². The lowest BCUT2D eigenvalue weighted by Crippen LogP contribution is -2.33. The van der Waals surface area contributed by atoms with Crippen LogP contribution in [0.25, 0.3) is 0 Å². The SMILES string of the molecule is CCc1nc(CN2CCCC2Cn2cncn2)no1. The molecule has 1 saturated heterocycles. The molecule has 2 aromatic heterocycles. The predicted molar refractivity (Wildman–Crippen MR) is 67.1 cm³/mol. The molecule has 1 aliphatic heterocycles. The van der Waals surface area contributed by atoms with Crippen LogP contribution in [-0.4, -0.2) is 42.4 Å². The van der Waals surface area contributed by atoms with E-state index in [4.69, 9.17) is 4.52 Å². The second-order valence-electron chi connectivity index (χ2n) is 4.84. The highest BCUT2D eigenvalue weighted by molar-refractivity contribution is 4.89. The van der Waals surface area contributed by atoms with Crippen molar-refractivity contribution in [2.45, 2.75) is 45.3 Å². The monoisotopic (exact) mass is 262 g/mol.